The first-order valence-corrected chi connectivity index (χ1v) is 7.75. The zero-order valence-corrected chi connectivity index (χ0v) is 14.5. The van der Waals surface area contributed by atoms with Crippen molar-refractivity contribution in [3.8, 4) is 0 Å². The Hall–Kier alpha value is -2.81. The van der Waals surface area contributed by atoms with E-state index in [1.165, 1.54) is 37.3 Å². The van der Waals surface area contributed by atoms with Gasteiger partial charge in [0.2, 0.25) is 0 Å². The zero-order valence-electron chi connectivity index (χ0n) is 12.9. The summed E-state index contributed by atoms with van der Waals surface area (Å²) in [6.45, 7) is 0.806. The molecule has 0 atom stereocenters. The standard InChI is InChI=1S/C16H12BrFN2O5/c1-9-3-2-4-13(20(23)24)15(9)16(22)25-8-14(21)19-12-6-5-10(17)7-11(12)18/h2-7H,8H2,1H3,(H,19,21). The number of nitro benzene ring substituents is 1. The van der Waals surface area contributed by atoms with Crippen LogP contribution >= 0.6 is 15.9 Å². The van der Waals surface area contributed by atoms with Crippen molar-refractivity contribution in [1.29, 1.82) is 0 Å². The Kier molecular flexibility index (Phi) is 5.81. The minimum absolute atomic E-state index is 0.0777. The van der Waals surface area contributed by atoms with Gasteiger partial charge in [-0.3, -0.25) is 14.9 Å². The lowest BCUT2D eigenvalue weighted by molar-refractivity contribution is -0.385. The van der Waals surface area contributed by atoms with E-state index in [0.717, 1.165) is 6.07 Å². The third kappa shape index (κ3) is 4.60. The molecule has 0 saturated carbocycles. The van der Waals surface area contributed by atoms with Crippen LogP contribution in [0.2, 0.25) is 0 Å². The van der Waals surface area contributed by atoms with Crippen molar-refractivity contribution in [3.05, 3.63) is 67.9 Å². The number of halogens is 2. The minimum Gasteiger partial charge on any atom is -0.452 e. The van der Waals surface area contributed by atoms with Crippen LogP contribution < -0.4 is 5.32 Å². The monoisotopic (exact) mass is 410 g/mol. The maximum absolute atomic E-state index is 13.6. The first-order valence-electron chi connectivity index (χ1n) is 6.95. The molecule has 25 heavy (non-hydrogen) atoms. The second-order valence-corrected chi connectivity index (χ2v) is 5.89. The molecule has 2 rings (SSSR count). The van der Waals surface area contributed by atoms with Crippen molar-refractivity contribution in [2.45, 2.75) is 6.92 Å². The first kappa shape index (κ1) is 18.5. The van der Waals surface area contributed by atoms with Gasteiger partial charge < -0.3 is 10.1 Å². The van der Waals surface area contributed by atoms with Crippen molar-refractivity contribution < 1.29 is 23.6 Å². The number of rotatable bonds is 5. The van der Waals surface area contributed by atoms with Crippen LogP contribution in [0.25, 0.3) is 0 Å². The summed E-state index contributed by atoms with van der Waals surface area (Å²) in [5.74, 6) is -2.44. The van der Waals surface area contributed by atoms with E-state index in [1.54, 1.807) is 0 Å². The Morgan fingerprint density at radius 1 is 1.32 bits per heavy atom. The fraction of sp³-hybridized carbons (Fsp3) is 0.125. The number of benzene rings is 2. The molecule has 0 fully saturated rings. The van der Waals surface area contributed by atoms with E-state index >= 15 is 0 Å². The predicted octanol–water partition coefficient (Wildman–Crippen LogP) is 3.60. The summed E-state index contributed by atoms with van der Waals surface area (Å²) in [5.41, 5.74) is -0.371. The molecule has 0 radical (unpaired) electrons. The van der Waals surface area contributed by atoms with Gasteiger partial charge in [0.1, 0.15) is 11.4 Å². The number of carbonyl (C=O) groups excluding carboxylic acids is 2. The van der Waals surface area contributed by atoms with Gasteiger partial charge in [-0.1, -0.05) is 28.1 Å². The van der Waals surface area contributed by atoms with Gasteiger partial charge in [0.05, 0.1) is 10.6 Å². The van der Waals surface area contributed by atoms with Crippen molar-refractivity contribution in [1.82, 2.24) is 0 Å². The summed E-state index contributed by atoms with van der Waals surface area (Å²) in [5, 5.41) is 13.2. The van der Waals surface area contributed by atoms with Gasteiger partial charge >= 0.3 is 5.97 Å². The molecule has 0 unspecified atom stereocenters. The normalized spacial score (nSPS) is 10.2. The van der Waals surface area contributed by atoms with Crippen molar-refractivity contribution in [2.24, 2.45) is 0 Å². The largest absolute Gasteiger partial charge is 0.452 e. The molecule has 0 bridgehead atoms. The number of amides is 1. The van der Waals surface area contributed by atoms with Crippen molar-refractivity contribution >= 4 is 39.2 Å². The number of esters is 1. The average molecular weight is 411 g/mol. The summed E-state index contributed by atoms with van der Waals surface area (Å²) in [6, 6.07) is 8.15. The highest BCUT2D eigenvalue weighted by Gasteiger charge is 2.24. The molecule has 0 aromatic heterocycles. The molecule has 1 N–H and O–H groups in total. The molecule has 0 aliphatic heterocycles. The van der Waals surface area contributed by atoms with Crippen molar-refractivity contribution in [3.63, 3.8) is 0 Å². The highest BCUT2D eigenvalue weighted by atomic mass is 79.9. The minimum atomic E-state index is -1.00. The Balaban J connectivity index is 2.05. The smallest absolute Gasteiger partial charge is 0.345 e. The van der Waals surface area contributed by atoms with Gasteiger partial charge in [-0.05, 0) is 30.7 Å². The summed E-state index contributed by atoms with van der Waals surface area (Å²) >= 11 is 3.09. The average Bonchev–Trinajstić information content (AvgIpc) is 2.55. The molecular weight excluding hydrogens is 399 g/mol. The number of carbonyl (C=O) groups is 2. The van der Waals surface area contributed by atoms with E-state index < -0.39 is 34.9 Å². The highest BCUT2D eigenvalue weighted by molar-refractivity contribution is 9.10. The van der Waals surface area contributed by atoms with Crippen LogP contribution in [0.15, 0.2) is 40.9 Å². The van der Waals surface area contributed by atoms with Crippen LogP contribution in [0, 0.1) is 22.9 Å². The molecule has 0 heterocycles. The van der Waals surface area contributed by atoms with Gasteiger partial charge in [-0.15, -0.1) is 0 Å². The SMILES string of the molecule is Cc1cccc([N+](=O)[O-])c1C(=O)OCC(=O)Nc1ccc(Br)cc1F. The molecule has 7 nitrogen and oxygen atoms in total. The second-order valence-electron chi connectivity index (χ2n) is 4.97. The van der Waals surface area contributed by atoms with E-state index in [4.69, 9.17) is 4.74 Å². The van der Waals surface area contributed by atoms with Gasteiger partial charge in [0.25, 0.3) is 11.6 Å². The maximum atomic E-state index is 13.6. The summed E-state index contributed by atoms with van der Waals surface area (Å²) in [7, 11) is 0. The van der Waals surface area contributed by atoms with Crippen LogP contribution in [0.4, 0.5) is 15.8 Å². The third-order valence-electron chi connectivity index (χ3n) is 3.19. The Morgan fingerprint density at radius 3 is 2.68 bits per heavy atom. The molecule has 0 saturated heterocycles. The first-order chi connectivity index (χ1) is 11.8. The van der Waals surface area contributed by atoms with Crippen molar-refractivity contribution in [2.75, 3.05) is 11.9 Å². The Morgan fingerprint density at radius 2 is 2.04 bits per heavy atom. The third-order valence-corrected chi connectivity index (χ3v) is 3.68. The number of nitrogens with one attached hydrogen (secondary N) is 1. The fourth-order valence-electron chi connectivity index (χ4n) is 2.05. The summed E-state index contributed by atoms with van der Waals surface area (Å²) < 4.78 is 19.0. The van der Waals surface area contributed by atoms with Crippen LogP contribution in [0.3, 0.4) is 0 Å². The summed E-state index contributed by atoms with van der Waals surface area (Å²) in [4.78, 5) is 34.1. The molecule has 2 aromatic carbocycles. The van der Waals surface area contributed by atoms with E-state index in [9.17, 15) is 24.1 Å². The molecule has 0 spiro atoms. The highest BCUT2D eigenvalue weighted by Crippen LogP contribution is 2.23. The predicted molar refractivity (Wildman–Crippen MR) is 90.8 cm³/mol. The topological polar surface area (TPSA) is 98.5 Å². The molecule has 2 aromatic rings. The van der Waals surface area contributed by atoms with Crippen LogP contribution in [0.1, 0.15) is 15.9 Å². The van der Waals surface area contributed by atoms with E-state index in [2.05, 4.69) is 21.2 Å². The molecular formula is C16H12BrFN2O5. The van der Waals surface area contributed by atoms with E-state index in [1.807, 2.05) is 0 Å². The summed E-state index contributed by atoms with van der Waals surface area (Å²) in [6.07, 6.45) is 0. The molecule has 9 heteroatoms. The van der Waals surface area contributed by atoms with E-state index in [-0.39, 0.29) is 11.3 Å². The Labute approximate surface area is 150 Å². The van der Waals surface area contributed by atoms with E-state index in [0.29, 0.717) is 10.0 Å². The van der Waals surface area contributed by atoms with Gasteiger partial charge in [-0.25, -0.2) is 9.18 Å². The Bertz CT molecular complexity index is 856. The number of anilines is 1. The lowest BCUT2D eigenvalue weighted by atomic mass is 10.1. The van der Waals surface area contributed by atoms with Crippen LogP contribution in [-0.2, 0) is 9.53 Å². The fourth-order valence-corrected chi connectivity index (χ4v) is 2.38. The molecule has 1 amide bonds. The number of ether oxygens (including phenoxy) is 1. The lowest BCUT2D eigenvalue weighted by Crippen LogP contribution is -2.22. The maximum Gasteiger partial charge on any atom is 0.345 e. The number of nitrogens with zero attached hydrogens (tertiary/aromatic N) is 1. The van der Waals surface area contributed by atoms with Crippen LogP contribution in [0.5, 0.6) is 0 Å². The number of hydrogen-bond acceptors (Lipinski definition) is 5. The lowest BCUT2D eigenvalue weighted by Gasteiger charge is -2.09. The quantitative estimate of drug-likeness (QED) is 0.461. The van der Waals surface area contributed by atoms with Gasteiger partial charge in [-0.2, -0.15) is 0 Å². The van der Waals surface area contributed by atoms with Gasteiger partial charge in [0, 0.05) is 10.5 Å². The zero-order chi connectivity index (χ0) is 18.6. The van der Waals surface area contributed by atoms with Gasteiger partial charge in [0.15, 0.2) is 6.61 Å². The second kappa shape index (κ2) is 7.84. The molecule has 0 aliphatic rings. The number of hydrogen-bond donors (Lipinski definition) is 1. The number of aryl methyl sites for hydroxylation is 1. The molecule has 0 aliphatic carbocycles. The number of nitro groups is 1. The molecule has 130 valence electrons. The van der Waals surface area contributed by atoms with Crippen LogP contribution in [-0.4, -0.2) is 23.4 Å².